The van der Waals surface area contributed by atoms with Crippen molar-refractivity contribution in [1.29, 1.82) is 0 Å². The van der Waals surface area contributed by atoms with Crippen molar-refractivity contribution in [2.24, 2.45) is 0 Å². The molecule has 0 spiro atoms. The van der Waals surface area contributed by atoms with Crippen LogP contribution in [-0.2, 0) is 0 Å². The van der Waals surface area contributed by atoms with E-state index in [1.54, 1.807) is 6.07 Å². The minimum atomic E-state index is -0.265. The first-order valence-corrected chi connectivity index (χ1v) is 6.12. The van der Waals surface area contributed by atoms with E-state index in [0.717, 1.165) is 23.6 Å². The minimum absolute atomic E-state index is 0.0938. The second-order valence-corrected chi connectivity index (χ2v) is 4.98. The number of benzene rings is 1. The topological polar surface area (TPSA) is 32.3 Å². The Hall–Kier alpha value is -0.740. The molecule has 0 amide bonds. The highest BCUT2D eigenvalue weighted by atomic mass is 32.2. The van der Waals surface area contributed by atoms with Crippen LogP contribution >= 0.6 is 11.8 Å². The molecule has 0 radical (unpaired) electrons. The van der Waals surface area contributed by atoms with E-state index in [4.69, 9.17) is 0 Å². The van der Waals surface area contributed by atoms with Gasteiger partial charge in [0.15, 0.2) is 0 Å². The van der Waals surface area contributed by atoms with Crippen molar-refractivity contribution in [3.63, 3.8) is 0 Å². The molecule has 1 heterocycles. The van der Waals surface area contributed by atoms with E-state index in [1.807, 2.05) is 17.8 Å². The molecule has 0 aromatic heterocycles. The van der Waals surface area contributed by atoms with Gasteiger partial charge in [-0.2, -0.15) is 11.8 Å². The molecule has 1 aromatic rings. The average molecular weight is 227 g/mol. The smallest absolute Gasteiger partial charge is 0.125 e. The molecule has 1 aromatic carbocycles. The molecule has 82 valence electrons. The van der Waals surface area contributed by atoms with Crippen LogP contribution in [0.4, 0.5) is 10.1 Å². The van der Waals surface area contributed by atoms with Crippen LogP contribution in [0.3, 0.4) is 0 Å². The van der Waals surface area contributed by atoms with Crippen molar-refractivity contribution in [2.75, 3.05) is 23.4 Å². The Kier molecular flexibility index (Phi) is 3.17. The maximum absolute atomic E-state index is 13.0. The molecule has 2 nitrogen and oxygen atoms in total. The predicted octanol–water partition coefficient (Wildman–Crippen LogP) is 2.11. The molecular formula is C11H14FNOS. The Morgan fingerprint density at radius 2 is 2.40 bits per heavy atom. The fraction of sp³-hybridized carbons (Fsp3) is 0.455. The van der Waals surface area contributed by atoms with Gasteiger partial charge in [0.2, 0.25) is 0 Å². The number of aliphatic hydroxyl groups is 1. The van der Waals surface area contributed by atoms with Gasteiger partial charge >= 0.3 is 0 Å². The van der Waals surface area contributed by atoms with Gasteiger partial charge in [-0.05, 0) is 30.4 Å². The lowest BCUT2D eigenvalue weighted by Crippen LogP contribution is -2.42. The molecule has 0 saturated carbocycles. The summed E-state index contributed by atoms with van der Waals surface area (Å²) in [4.78, 5) is 0. The molecule has 1 unspecified atom stereocenters. The fourth-order valence-electron chi connectivity index (χ4n) is 1.74. The SMILES string of the molecule is OCC1(Nc2cccc(F)c2)CCSC1. The van der Waals surface area contributed by atoms with E-state index in [9.17, 15) is 9.50 Å². The monoisotopic (exact) mass is 227 g/mol. The molecule has 1 aliphatic heterocycles. The Bertz CT molecular complexity index is 339. The van der Waals surface area contributed by atoms with Crippen LogP contribution in [0.1, 0.15) is 6.42 Å². The summed E-state index contributed by atoms with van der Waals surface area (Å²) in [6, 6.07) is 6.37. The lowest BCUT2D eigenvalue weighted by atomic mass is 10.00. The van der Waals surface area contributed by atoms with Gasteiger partial charge < -0.3 is 10.4 Å². The molecule has 0 aliphatic carbocycles. The highest BCUT2D eigenvalue weighted by molar-refractivity contribution is 7.99. The van der Waals surface area contributed by atoms with Crippen molar-refractivity contribution in [3.05, 3.63) is 30.1 Å². The Labute approximate surface area is 92.9 Å². The van der Waals surface area contributed by atoms with Crippen molar-refractivity contribution in [1.82, 2.24) is 0 Å². The van der Waals surface area contributed by atoms with Gasteiger partial charge in [0.25, 0.3) is 0 Å². The van der Waals surface area contributed by atoms with Crippen molar-refractivity contribution < 1.29 is 9.50 Å². The van der Waals surface area contributed by atoms with E-state index in [0.29, 0.717) is 0 Å². The summed E-state index contributed by atoms with van der Waals surface area (Å²) in [7, 11) is 0. The molecular weight excluding hydrogens is 213 g/mol. The van der Waals surface area contributed by atoms with Gasteiger partial charge in [0.05, 0.1) is 12.1 Å². The third-order valence-electron chi connectivity index (χ3n) is 2.64. The van der Waals surface area contributed by atoms with Crippen LogP contribution in [0.5, 0.6) is 0 Å². The van der Waals surface area contributed by atoms with Gasteiger partial charge in [0, 0.05) is 11.4 Å². The highest BCUT2D eigenvalue weighted by Crippen LogP contribution is 2.31. The highest BCUT2D eigenvalue weighted by Gasteiger charge is 2.33. The zero-order chi connectivity index (χ0) is 10.7. The van der Waals surface area contributed by atoms with Crippen LogP contribution < -0.4 is 5.32 Å². The first-order valence-electron chi connectivity index (χ1n) is 4.96. The predicted molar refractivity (Wildman–Crippen MR) is 61.8 cm³/mol. The Balaban J connectivity index is 2.12. The quantitative estimate of drug-likeness (QED) is 0.829. The van der Waals surface area contributed by atoms with E-state index < -0.39 is 0 Å². The first-order chi connectivity index (χ1) is 7.24. The molecule has 1 atom stereocenters. The molecule has 1 aliphatic rings. The zero-order valence-corrected chi connectivity index (χ0v) is 9.19. The summed E-state index contributed by atoms with van der Waals surface area (Å²) in [6.45, 7) is 0.0938. The lowest BCUT2D eigenvalue weighted by Gasteiger charge is -2.28. The van der Waals surface area contributed by atoms with Crippen LogP contribution in [0.25, 0.3) is 0 Å². The molecule has 4 heteroatoms. The van der Waals surface area contributed by atoms with Gasteiger partial charge in [-0.15, -0.1) is 0 Å². The third kappa shape index (κ3) is 2.44. The summed E-state index contributed by atoms with van der Waals surface area (Å²) in [6.07, 6.45) is 0.921. The van der Waals surface area contributed by atoms with E-state index in [1.165, 1.54) is 12.1 Å². The summed E-state index contributed by atoms with van der Waals surface area (Å²) in [5, 5.41) is 12.6. The van der Waals surface area contributed by atoms with Crippen LogP contribution in [-0.4, -0.2) is 28.8 Å². The van der Waals surface area contributed by atoms with Crippen molar-refractivity contribution in [3.8, 4) is 0 Å². The van der Waals surface area contributed by atoms with E-state index in [-0.39, 0.29) is 18.0 Å². The maximum atomic E-state index is 13.0. The van der Waals surface area contributed by atoms with Gasteiger partial charge in [-0.1, -0.05) is 6.07 Å². The number of thioether (sulfide) groups is 1. The van der Waals surface area contributed by atoms with Crippen LogP contribution in [0, 0.1) is 5.82 Å². The number of anilines is 1. The number of hydrogen-bond acceptors (Lipinski definition) is 3. The molecule has 2 rings (SSSR count). The Morgan fingerprint density at radius 3 is 3.00 bits per heavy atom. The molecule has 0 bridgehead atoms. The van der Waals surface area contributed by atoms with Crippen molar-refractivity contribution >= 4 is 17.4 Å². The standard InChI is InChI=1S/C11H14FNOS/c12-9-2-1-3-10(6-9)13-11(7-14)4-5-15-8-11/h1-3,6,13-14H,4-5,7-8H2. The second-order valence-electron chi connectivity index (χ2n) is 3.88. The summed E-state index contributed by atoms with van der Waals surface area (Å²) >= 11 is 1.81. The number of aliphatic hydroxyl groups excluding tert-OH is 1. The molecule has 1 saturated heterocycles. The zero-order valence-electron chi connectivity index (χ0n) is 8.37. The largest absolute Gasteiger partial charge is 0.394 e. The summed E-state index contributed by atoms with van der Waals surface area (Å²) in [5.74, 6) is 1.67. The number of hydrogen-bond donors (Lipinski definition) is 2. The molecule has 2 N–H and O–H groups in total. The summed E-state index contributed by atoms with van der Waals surface area (Å²) < 4.78 is 13.0. The maximum Gasteiger partial charge on any atom is 0.125 e. The second kappa shape index (κ2) is 4.41. The third-order valence-corrected chi connectivity index (χ3v) is 3.89. The van der Waals surface area contributed by atoms with Crippen LogP contribution in [0.15, 0.2) is 24.3 Å². The number of rotatable bonds is 3. The number of nitrogens with one attached hydrogen (secondary N) is 1. The van der Waals surface area contributed by atoms with Crippen molar-refractivity contribution in [2.45, 2.75) is 12.0 Å². The summed E-state index contributed by atoms with van der Waals surface area (Å²) in [5.41, 5.74) is 0.477. The fourth-order valence-corrected chi connectivity index (χ4v) is 3.12. The minimum Gasteiger partial charge on any atom is -0.394 e. The average Bonchev–Trinajstić information content (AvgIpc) is 2.67. The van der Waals surface area contributed by atoms with E-state index >= 15 is 0 Å². The van der Waals surface area contributed by atoms with Gasteiger partial charge in [-0.3, -0.25) is 0 Å². The van der Waals surface area contributed by atoms with Gasteiger partial charge in [-0.25, -0.2) is 4.39 Å². The van der Waals surface area contributed by atoms with Crippen LogP contribution in [0.2, 0.25) is 0 Å². The Morgan fingerprint density at radius 1 is 1.53 bits per heavy atom. The number of halogens is 1. The van der Waals surface area contributed by atoms with E-state index in [2.05, 4.69) is 5.32 Å². The molecule has 15 heavy (non-hydrogen) atoms. The normalized spacial score (nSPS) is 25.5. The lowest BCUT2D eigenvalue weighted by molar-refractivity contribution is 0.226. The van der Waals surface area contributed by atoms with Gasteiger partial charge in [0.1, 0.15) is 5.82 Å². The molecule has 1 fully saturated rings. The first kappa shape index (κ1) is 10.8.